The van der Waals surface area contributed by atoms with Crippen LogP contribution in [-0.2, 0) is 0 Å². The highest BCUT2D eigenvalue weighted by Crippen LogP contribution is 2.25. The number of carbonyl (C=O) groups is 1. The van der Waals surface area contributed by atoms with Gasteiger partial charge in [0.2, 0.25) is 0 Å². The highest BCUT2D eigenvalue weighted by molar-refractivity contribution is 7.80. The number of furan rings is 1. The van der Waals surface area contributed by atoms with Gasteiger partial charge in [0, 0.05) is 16.6 Å². The number of benzene rings is 3. The Morgan fingerprint density at radius 3 is 2.50 bits per heavy atom. The van der Waals surface area contributed by atoms with Gasteiger partial charge in [0.05, 0.1) is 0 Å². The topological polar surface area (TPSA) is 54.3 Å². The fourth-order valence-electron chi connectivity index (χ4n) is 2.98. The van der Waals surface area contributed by atoms with Gasteiger partial charge in [-0.05, 0) is 48.1 Å². The fourth-order valence-corrected chi connectivity index (χ4v) is 3.19. The summed E-state index contributed by atoms with van der Waals surface area (Å²) in [6, 6.07) is 21.5. The van der Waals surface area contributed by atoms with Crippen LogP contribution < -0.4 is 10.6 Å². The number of nitrogens with one attached hydrogen (secondary N) is 2. The van der Waals surface area contributed by atoms with Crippen LogP contribution in [0.5, 0.6) is 0 Å². The van der Waals surface area contributed by atoms with Gasteiger partial charge in [-0.3, -0.25) is 10.1 Å². The Hall–Kier alpha value is -3.18. The van der Waals surface area contributed by atoms with Crippen molar-refractivity contribution >= 4 is 50.7 Å². The standard InChI is InChI=1S/C21H16N2O2S/c1-13-17-8-4-5-9-18(17)25-19(13)20(24)23-21(26)22-16-11-10-14-6-2-3-7-15(14)12-16/h2-12H,1H3,(H2,22,23,24,26). The highest BCUT2D eigenvalue weighted by Gasteiger charge is 2.18. The Bertz CT molecular complexity index is 1150. The Balaban J connectivity index is 1.51. The zero-order valence-electron chi connectivity index (χ0n) is 14.1. The van der Waals surface area contributed by atoms with E-state index in [2.05, 4.69) is 10.6 Å². The van der Waals surface area contributed by atoms with Crippen LogP contribution in [0.4, 0.5) is 5.69 Å². The van der Waals surface area contributed by atoms with E-state index in [0.717, 1.165) is 27.4 Å². The quantitative estimate of drug-likeness (QED) is 0.493. The van der Waals surface area contributed by atoms with Crippen molar-refractivity contribution < 1.29 is 9.21 Å². The minimum atomic E-state index is -0.364. The Kier molecular flexibility index (Phi) is 4.14. The third-order valence-electron chi connectivity index (χ3n) is 4.28. The van der Waals surface area contributed by atoms with Crippen molar-refractivity contribution in [3.8, 4) is 0 Å². The normalized spacial score (nSPS) is 10.8. The van der Waals surface area contributed by atoms with E-state index in [4.69, 9.17) is 16.6 Å². The lowest BCUT2D eigenvalue weighted by Gasteiger charge is -2.09. The van der Waals surface area contributed by atoms with E-state index in [0.29, 0.717) is 5.58 Å². The molecule has 0 radical (unpaired) electrons. The van der Waals surface area contributed by atoms with Gasteiger partial charge in [0.25, 0.3) is 5.91 Å². The van der Waals surface area contributed by atoms with Crippen molar-refractivity contribution in [3.05, 3.63) is 78.1 Å². The molecule has 0 saturated heterocycles. The molecule has 4 rings (SSSR count). The molecular weight excluding hydrogens is 344 g/mol. The Morgan fingerprint density at radius 1 is 0.962 bits per heavy atom. The number of hydrogen-bond donors (Lipinski definition) is 2. The average molecular weight is 360 g/mol. The van der Waals surface area contributed by atoms with Crippen molar-refractivity contribution in [2.24, 2.45) is 0 Å². The lowest BCUT2D eigenvalue weighted by molar-refractivity contribution is 0.0952. The van der Waals surface area contributed by atoms with Crippen LogP contribution in [0.1, 0.15) is 16.1 Å². The molecule has 128 valence electrons. The van der Waals surface area contributed by atoms with Crippen LogP contribution >= 0.6 is 12.2 Å². The maximum absolute atomic E-state index is 12.5. The van der Waals surface area contributed by atoms with Crippen LogP contribution in [0, 0.1) is 6.92 Å². The molecule has 0 saturated carbocycles. The average Bonchev–Trinajstić information content (AvgIpc) is 2.99. The summed E-state index contributed by atoms with van der Waals surface area (Å²) in [5.74, 6) is -0.0918. The molecule has 4 nitrogen and oxygen atoms in total. The first-order chi connectivity index (χ1) is 12.6. The van der Waals surface area contributed by atoms with Crippen molar-refractivity contribution in [1.82, 2.24) is 5.32 Å². The van der Waals surface area contributed by atoms with Gasteiger partial charge in [0.15, 0.2) is 10.9 Å². The molecule has 0 aliphatic rings. The molecule has 4 aromatic rings. The fraction of sp³-hybridized carbons (Fsp3) is 0.0476. The minimum Gasteiger partial charge on any atom is -0.451 e. The summed E-state index contributed by atoms with van der Waals surface area (Å²) in [7, 11) is 0. The molecule has 3 aromatic carbocycles. The Labute approximate surface area is 155 Å². The van der Waals surface area contributed by atoms with Crippen LogP contribution in [-0.4, -0.2) is 11.0 Å². The largest absolute Gasteiger partial charge is 0.451 e. The molecule has 1 heterocycles. The van der Waals surface area contributed by atoms with Gasteiger partial charge in [-0.2, -0.15) is 0 Å². The third kappa shape index (κ3) is 3.05. The number of aryl methyl sites for hydroxylation is 1. The molecule has 0 atom stereocenters. The second kappa shape index (κ2) is 6.61. The summed E-state index contributed by atoms with van der Waals surface area (Å²) >= 11 is 5.27. The molecule has 26 heavy (non-hydrogen) atoms. The molecule has 0 spiro atoms. The van der Waals surface area contributed by atoms with Crippen LogP contribution in [0.3, 0.4) is 0 Å². The van der Waals surface area contributed by atoms with E-state index in [9.17, 15) is 4.79 Å². The predicted molar refractivity (Wildman–Crippen MR) is 109 cm³/mol. The maximum atomic E-state index is 12.5. The van der Waals surface area contributed by atoms with Gasteiger partial charge in [0.1, 0.15) is 5.58 Å². The van der Waals surface area contributed by atoms with E-state index in [1.165, 1.54) is 0 Å². The van der Waals surface area contributed by atoms with Crippen molar-refractivity contribution in [3.63, 3.8) is 0 Å². The molecule has 0 fully saturated rings. The summed E-state index contributed by atoms with van der Waals surface area (Å²) in [5.41, 5.74) is 2.30. The lowest BCUT2D eigenvalue weighted by Crippen LogP contribution is -2.34. The minimum absolute atomic E-state index is 0.227. The first kappa shape index (κ1) is 16.3. The van der Waals surface area contributed by atoms with E-state index in [1.54, 1.807) is 0 Å². The number of hydrogen-bond acceptors (Lipinski definition) is 3. The van der Waals surface area contributed by atoms with Crippen molar-refractivity contribution in [2.75, 3.05) is 5.32 Å². The molecule has 1 aromatic heterocycles. The second-order valence-electron chi connectivity index (χ2n) is 6.02. The Morgan fingerprint density at radius 2 is 1.69 bits per heavy atom. The van der Waals surface area contributed by atoms with Crippen LogP contribution in [0.15, 0.2) is 71.1 Å². The smallest absolute Gasteiger partial charge is 0.293 e. The molecule has 5 heteroatoms. The van der Waals surface area contributed by atoms with Gasteiger partial charge in [-0.15, -0.1) is 0 Å². The van der Waals surface area contributed by atoms with Crippen LogP contribution in [0.25, 0.3) is 21.7 Å². The van der Waals surface area contributed by atoms with E-state index < -0.39 is 0 Å². The first-order valence-electron chi connectivity index (χ1n) is 8.21. The van der Waals surface area contributed by atoms with Crippen molar-refractivity contribution in [1.29, 1.82) is 0 Å². The summed E-state index contributed by atoms with van der Waals surface area (Å²) in [6.07, 6.45) is 0. The van der Waals surface area contributed by atoms with Gasteiger partial charge in [-0.25, -0.2) is 0 Å². The SMILES string of the molecule is Cc1c(C(=O)NC(=S)Nc2ccc3ccccc3c2)oc2ccccc12. The molecule has 0 bridgehead atoms. The number of thiocarbonyl (C=S) groups is 1. The number of fused-ring (bicyclic) bond motifs is 2. The summed E-state index contributed by atoms with van der Waals surface area (Å²) in [4.78, 5) is 12.5. The zero-order valence-corrected chi connectivity index (χ0v) is 14.9. The first-order valence-corrected chi connectivity index (χ1v) is 8.62. The van der Waals surface area contributed by atoms with E-state index in [-0.39, 0.29) is 16.8 Å². The molecule has 2 N–H and O–H groups in total. The van der Waals surface area contributed by atoms with E-state index in [1.807, 2.05) is 73.7 Å². The maximum Gasteiger partial charge on any atom is 0.293 e. The molecule has 0 aliphatic carbocycles. The number of para-hydroxylation sites is 1. The highest BCUT2D eigenvalue weighted by atomic mass is 32.1. The third-order valence-corrected chi connectivity index (χ3v) is 4.49. The summed E-state index contributed by atoms with van der Waals surface area (Å²) < 4.78 is 5.67. The number of amides is 1. The molecular formula is C21H16N2O2S. The van der Waals surface area contributed by atoms with Crippen molar-refractivity contribution in [2.45, 2.75) is 6.92 Å². The summed E-state index contributed by atoms with van der Waals surface area (Å²) in [6.45, 7) is 1.86. The number of rotatable bonds is 2. The van der Waals surface area contributed by atoms with Gasteiger partial charge in [-0.1, -0.05) is 48.5 Å². The molecule has 1 amide bonds. The molecule has 0 aliphatic heterocycles. The van der Waals surface area contributed by atoms with Crippen LogP contribution in [0.2, 0.25) is 0 Å². The lowest BCUT2D eigenvalue weighted by atomic mass is 10.1. The van der Waals surface area contributed by atoms with E-state index >= 15 is 0 Å². The van der Waals surface area contributed by atoms with Gasteiger partial charge < -0.3 is 9.73 Å². The zero-order chi connectivity index (χ0) is 18.1. The molecule has 0 unspecified atom stereocenters. The monoisotopic (exact) mass is 360 g/mol. The van der Waals surface area contributed by atoms with Gasteiger partial charge >= 0.3 is 0 Å². The number of carbonyl (C=O) groups excluding carboxylic acids is 1. The number of anilines is 1. The second-order valence-corrected chi connectivity index (χ2v) is 6.43. The summed E-state index contributed by atoms with van der Waals surface area (Å²) in [5, 5.41) is 9.12. The predicted octanol–water partition coefficient (Wildman–Crippen LogP) is 5.02.